The lowest BCUT2D eigenvalue weighted by Crippen LogP contribution is -1.85. The predicted molar refractivity (Wildman–Crippen MR) is 64.4 cm³/mol. The van der Waals surface area contributed by atoms with E-state index >= 15 is 0 Å². The Kier molecular flexibility index (Phi) is 5.42. The van der Waals surface area contributed by atoms with Crippen LogP contribution in [0.25, 0.3) is 0 Å². The lowest BCUT2D eigenvalue weighted by molar-refractivity contribution is -0.122. The van der Waals surface area contributed by atoms with Crippen LogP contribution in [0.1, 0.15) is 11.1 Å². The second-order valence-electron chi connectivity index (χ2n) is 3.25. The van der Waals surface area contributed by atoms with Crippen LogP contribution in [0, 0.1) is 0 Å². The Morgan fingerprint density at radius 3 is 1.44 bits per heavy atom. The van der Waals surface area contributed by atoms with Gasteiger partial charge in [0.1, 0.15) is 0 Å². The van der Waals surface area contributed by atoms with Crippen molar-refractivity contribution in [2.24, 2.45) is 0 Å². The third kappa shape index (κ3) is 4.42. The van der Waals surface area contributed by atoms with Gasteiger partial charge in [-0.1, -0.05) is 60.7 Å². The third-order valence-electron chi connectivity index (χ3n) is 2.09. The molecule has 2 nitrogen and oxygen atoms in total. The topological polar surface area (TPSA) is 37.3 Å². The van der Waals surface area contributed by atoms with E-state index in [1.807, 2.05) is 0 Å². The summed E-state index contributed by atoms with van der Waals surface area (Å²) in [7, 11) is 0. The number of hydrogen-bond donors (Lipinski definition) is 1. The lowest BCUT2D eigenvalue weighted by Gasteiger charge is -2.00. The molecular weight excluding hydrogens is 200 g/mol. The van der Waals surface area contributed by atoms with Gasteiger partial charge in [-0.25, -0.2) is 0 Å². The zero-order chi connectivity index (χ0) is 11.6. The Morgan fingerprint density at radius 1 is 0.812 bits per heavy atom. The molecule has 0 aliphatic rings. The number of carboxylic acid groups (broad SMARTS) is 1. The molecule has 0 aromatic heterocycles. The molecule has 2 aromatic carbocycles. The van der Waals surface area contributed by atoms with Gasteiger partial charge in [0.15, 0.2) is 0 Å². The highest BCUT2D eigenvalue weighted by Crippen LogP contribution is 2.07. The first kappa shape index (κ1) is 12.0. The van der Waals surface area contributed by atoms with Crippen LogP contribution in [0.15, 0.2) is 60.7 Å². The maximum Gasteiger partial charge on any atom is 0.290 e. The SMILES string of the molecule is O=CO.c1ccc(Cc2ccccc2)cc1. The highest BCUT2D eigenvalue weighted by atomic mass is 16.3. The quantitative estimate of drug-likeness (QED) is 0.780. The van der Waals surface area contributed by atoms with Gasteiger partial charge in [-0.05, 0) is 17.5 Å². The van der Waals surface area contributed by atoms with E-state index in [0.29, 0.717) is 0 Å². The van der Waals surface area contributed by atoms with Gasteiger partial charge in [-0.3, -0.25) is 4.79 Å². The average Bonchev–Trinajstić information content (AvgIpc) is 2.33. The number of carbonyl (C=O) groups is 1. The highest BCUT2D eigenvalue weighted by Gasteiger charge is 1.92. The van der Waals surface area contributed by atoms with Crippen molar-refractivity contribution in [1.82, 2.24) is 0 Å². The van der Waals surface area contributed by atoms with E-state index < -0.39 is 0 Å². The molecule has 0 heterocycles. The number of rotatable bonds is 2. The summed E-state index contributed by atoms with van der Waals surface area (Å²) in [5.74, 6) is 0. The van der Waals surface area contributed by atoms with E-state index in [4.69, 9.17) is 9.90 Å². The van der Waals surface area contributed by atoms with Crippen LogP contribution in [-0.2, 0) is 11.2 Å². The van der Waals surface area contributed by atoms with E-state index in [2.05, 4.69) is 60.7 Å². The summed E-state index contributed by atoms with van der Waals surface area (Å²) < 4.78 is 0. The molecule has 0 radical (unpaired) electrons. The van der Waals surface area contributed by atoms with Crippen molar-refractivity contribution in [3.05, 3.63) is 71.8 Å². The summed E-state index contributed by atoms with van der Waals surface area (Å²) in [4.78, 5) is 8.36. The normalized spacial score (nSPS) is 8.75. The molecule has 1 N–H and O–H groups in total. The third-order valence-corrected chi connectivity index (χ3v) is 2.09. The second-order valence-corrected chi connectivity index (χ2v) is 3.25. The minimum atomic E-state index is -0.250. The molecule has 16 heavy (non-hydrogen) atoms. The van der Waals surface area contributed by atoms with Crippen molar-refractivity contribution >= 4 is 6.47 Å². The molecule has 2 heteroatoms. The Bertz CT molecular complexity index is 358. The maximum absolute atomic E-state index is 8.36. The molecule has 2 aromatic rings. The summed E-state index contributed by atoms with van der Waals surface area (Å²) in [5.41, 5.74) is 2.74. The predicted octanol–water partition coefficient (Wildman–Crippen LogP) is 2.98. The summed E-state index contributed by atoms with van der Waals surface area (Å²) in [6, 6.07) is 21.1. The average molecular weight is 214 g/mol. The lowest BCUT2D eigenvalue weighted by atomic mass is 10.1. The molecule has 0 saturated heterocycles. The molecule has 0 bridgehead atoms. The van der Waals surface area contributed by atoms with Crippen LogP contribution in [0.3, 0.4) is 0 Å². The molecule has 0 saturated carbocycles. The van der Waals surface area contributed by atoms with Crippen LogP contribution in [0.5, 0.6) is 0 Å². The van der Waals surface area contributed by atoms with Gasteiger partial charge >= 0.3 is 0 Å². The van der Waals surface area contributed by atoms with Crippen LogP contribution < -0.4 is 0 Å². The van der Waals surface area contributed by atoms with Crippen molar-refractivity contribution in [3.8, 4) is 0 Å². The fraction of sp³-hybridized carbons (Fsp3) is 0.0714. The second kappa shape index (κ2) is 7.23. The molecule has 0 spiro atoms. The fourth-order valence-corrected chi connectivity index (χ4v) is 1.43. The fourth-order valence-electron chi connectivity index (χ4n) is 1.43. The minimum Gasteiger partial charge on any atom is -0.483 e. The summed E-state index contributed by atoms with van der Waals surface area (Å²) in [6.07, 6.45) is 1.03. The molecule has 0 aliphatic carbocycles. The summed E-state index contributed by atoms with van der Waals surface area (Å²) >= 11 is 0. The minimum absolute atomic E-state index is 0.250. The van der Waals surface area contributed by atoms with Crippen molar-refractivity contribution in [2.45, 2.75) is 6.42 Å². The van der Waals surface area contributed by atoms with Crippen LogP contribution >= 0.6 is 0 Å². The summed E-state index contributed by atoms with van der Waals surface area (Å²) in [6.45, 7) is -0.250. The van der Waals surface area contributed by atoms with Crippen molar-refractivity contribution < 1.29 is 9.90 Å². The van der Waals surface area contributed by atoms with E-state index in [1.165, 1.54) is 11.1 Å². The first-order chi connectivity index (χ1) is 7.86. The molecular formula is C14H14O2. The maximum atomic E-state index is 8.36. The number of benzene rings is 2. The van der Waals surface area contributed by atoms with Gasteiger partial charge in [0.25, 0.3) is 6.47 Å². The Balaban J connectivity index is 0.000000386. The Hall–Kier alpha value is -2.09. The standard InChI is InChI=1S/C13H12.CH2O2/c1-3-7-12(8-4-1)11-13-9-5-2-6-10-13;2-1-3/h1-10H,11H2;1H,(H,2,3). The Morgan fingerprint density at radius 2 is 1.12 bits per heavy atom. The first-order valence-corrected chi connectivity index (χ1v) is 5.02. The molecule has 0 fully saturated rings. The van der Waals surface area contributed by atoms with Gasteiger partial charge in [0.2, 0.25) is 0 Å². The first-order valence-electron chi connectivity index (χ1n) is 5.02. The van der Waals surface area contributed by atoms with E-state index in [9.17, 15) is 0 Å². The smallest absolute Gasteiger partial charge is 0.290 e. The Labute approximate surface area is 95.2 Å². The van der Waals surface area contributed by atoms with Gasteiger partial charge in [-0.2, -0.15) is 0 Å². The van der Waals surface area contributed by atoms with Gasteiger partial charge in [-0.15, -0.1) is 0 Å². The monoisotopic (exact) mass is 214 g/mol. The molecule has 0 aliphatic heterocycles. The molecule has 82 valence electrons. The van der Waals surface area contributed by atoms with Gasteiger partial charge in [0.05, 0.1) is 0 Å². The van der Waals surface area contributed by atoms with Crippen LogP contribution in [0.4, 0.5) is 0 Å². The van der Waals surface area contributed by atoms with Crippen molar-refractivity contribution in [2.75, 3.05) is 0 Å². The van der Waals surface area contributed by atoms with Crippen molar-refractivity contribution in [1.29, 1.82) is 0 Å². The van der Waals surface area contributed by atoms with Crippen LogP contribution in [-0.4, -0.2) is 11.6 Å². The summed E-state index contributed by atoms with van der Waals surface area (Å²) in [5, 5.41) is 6.89. The van der Waals surface area contributed by atoms with Crippen LogP contribution in [0.2, 0.25) is 0 Å². The van der Waals surface area contributed by atoms with Gasteiger partial charge < -0.3 is 5.11 Å². The van der Waals surface area contributed by atoms with E-state index in [1.54, 1.807) is 0 Å². The highest BCUT2D eigenvalue weighted by molar-refractivity contribution is 5.32. The zero-order valence-corrected chi connectivity index (χ0v) is 8.91. The largest absolute Gasteiger partial charge is 0.483 e. The number of hydrogen-bond acceptors (Lipinski definition) is 1. The van der Waals surface area contributed by atoms with E-state index in [-0.39, 0.29) is 6.47 Å². The molecule has 0 unspecified atom stereocenters. The molecule has 0 amide bonds. The van der Waals surface area contributed by atoms with Gasteiger partial charge in [0, 0.05) is 0 Å². The van der Waals surface area contributed by atoms with Crippen molar-refractivity contribution in [3.63, 3.8) is 0 Å². The molecule has 2 rings (SSSR count). The zero-order valence-electron chi connectivity index (χ0n) is 8.91. The molecule has 0 atom stereocenters. The van der Waals surface area contributed by atoms with E-state index in [0.717, 1.165) is 6.42 Å².